The highest BCUT2D eigenvalue weighted by Gasteiger charge is 2.87. The smallest absolute Gasteiger partial charge is 0.460 e. The molecule has 0 aromatic heterocycles. The van der Waals surface area contributed by atoms with Gasteiger partial charge in [0.1, 0.15) is 11.9 Å². The van der Waals surface area contributed by atoms with E-state index < -0.39 is 42.4 Å². The molecule has 0 amide bonds. The third kappa shape index (κ3) is 3.78. The van der Waals surface area contributed by atoms with Crippen LogP contribution in [-0.2, 0) is 6.42 Å². The van der Waals surface area contributed by atoms with Crippen molar-refractivity contribution < 1.29 is 58.1 Å². The van der Waals surface area contributed by atoms with Crippen LogP contribution in [0.1, 0.15) is 5.56 Å². The summed E-state index contributed by atoms with van der Waals surface area (Å²) in [4.78, 5) is 0. The monoisotopic (exact) mass is 420 g/mol. The van der Waals surface area contributed by atoms with Gasteiger partial charge in [-0.2, -0.15) is 48.3 Å². The van der Waals surface area contributed by atoms with Crippen LogP contribution in [0.5, 0.6) is 5.75 Å². The molecule has 1 unspecified atom stereocenters. The zero-order valence-electron chi connectivity index (χ0n) is 13.1. The Kier molecular flexibility index (Phi) is 6.01. The van der Waals surface area contributed by atoms with E-state index in [1.54, 1.807) is 0 Å². The van der Waals surface area contributed by atoms with Gasteiger partial charge in [0.05, 0.1) is 7.11 Å². The first-order valence-electron chi connectivity index (χ1n) is 6.82. The van der Waals surface area contributed by atoms with E-state index >= 15 is 0 Å². The van der Waals surface area contributed by atoms with Crippen molar-refractivity contribution in [3.63, 3.8) is 0 Å². The van der Waals surface area contributed by atoms with Crippen LogP contribution in [0, 0.1) is 0 Å². The van der Waals surface area contributed by atoms with E-state index in [2.05, 4.69) is 4.74 Å². The van der Waals surface area contributed by atoms with Crippen molar-refractivity contribution >= 4 is 0 Å². The highest BCUT2D eigenvalue weighted by atomic mass is 19.4. The molecule has 1 rings (SSSR count). The van der Waals surface area contributed by atoms with Gasteiger partial charge in [0, 0.05) is 6.42 Å². The molecule has 0 aliphatic rings. The molecular weight excluding hydrogens is 409 g/mol. The van der Waals surface area contributed by atoms with E-state index in [9.17, 15) is 53.4 Å². The molecule has 1 aromatic carbocycles. The summed E-state index contributed by atoms with van der Waals surface area (Å²) in [6, 6.07) is 4.15. The number of hydrogen-bond acceptors (Lipinski definition) is 2. The summed E-state index contributed by atoms with van der Waals surface area (Å²) in [5, 5.41) is 9.20. The van der Waals surface area contributed by atoms with Crippen molar-refractivity contribution in [3.05, 3.63) is 29.8 Å². The van der Waals surface area contributed by atoms with E-state index in [0.717, 1.165) is 24.3 Å². The van der Waals surface area contributed by atoms with E-state index in [0.29, 0.717) is 0 Å². The first-order chi connectivity index (χ1) is 11.9. The number of rotatable bonds is 7. The summed E-state index contributed by atoms with van der Waals surface area (Å²) in [6.07, 6.45) is -12.4. The van der Waals surface area contributed by atoms with Gasteiger partial charge in [0.25, 0.3) is 0 Å². The number of ether oxygens (including phenoxy) is 1. The van der Waals surface area contributed by atoms with Crippen molar-refractivity contribution in [3.8, 4) is 5.75 Å². The molecule has 156 valence electrons. The van der Waals surface area contributed by atoms with E-state index in [1.165, 1.54) is 7.11 Å². The van der Waals surface area contributed by atoms with Crippen LogP contribution in [-0.4, -0.2) is 48.2 Å². The molecule has 1 aromatic rings. The topological polar surface area (TPSA) is 29.5 Å². The molecule has 0 bridgehead atoms. The zero-order valence-corrected chi connectivity index (χ0v) is 13.1. The molecule has 0 spiro atoms. The maximum Gasteiger partial charge on any atom is 0.460 e. The predicted molar refractivity (Wildman–Crippen MR) is 68.5 cm³/mol. The summed E-state index contributed by atoms with van der Waals surface area (Å²) in [5.41, 5.74) is -0.329. The van der Waals surface area contributed by atoms with Crippen molar-refractivity contribution in [1.29, 1.82) is 0 Å². The molecule has 13 heteroatoms. The Morgan fingerprint density at radius 3 is 1.59 bits per heavy atom. The van der Waals surface area contributed by atoms with Gasteiger partial charge in [-0.3, -0.25) is 0 Å². The van der Waals surface area contributed by atoms with Crippen LogP contribution in [0.4, 0.5) is 48.3 Å². The minimum Gasteiger partial charge on any atom is -0.497 e. The quantitative estimate of drug-likeness (QED) is 0.648. The molecule has 0 saturated carbocycles. The lowest BCUT2D eigenvalue weighted by atomic mass is 9.92. The normalized spacial score (nSPS) is 15.6. The lowest BCUT2D eigenvalue weighted by Gasteiger charge is -2.38. The van der Waals surface area contributed by atoms with E-state index in [4.69, 9.17) is 0 Å². The first-order valence-corrected chi connectivity index (χ1v) is 6.82. The van der Waals surface area contributed by atoms with Gasteiger partial charge < -0.3 is 9.84 Å². The van der Waals surface area contributed by atoms with Crippen LogP contribution >= 0.6 is 0 Å². The molecule has 1 atom stereocenters. The summed E-state index contributed by atoms with van der Waals surface area (Å²) < 4.78 is 146. The SMILES string of the molecule is COc1ccc(CC(O)C(F)(F)C(F)(F)C(F)(F)C(F)(F)C(F)(F)F)cc1. The average molecular weight is 420 g/mol. The number of alkyl halides is 11. The summed E-state index contributed by atoms with van der Waals surface area (Å²) in [7, 11) is 1.21. The number of aliphatic hydroxyl groups excluding tert-OH is 1. The third-order valence-corrected chi connectivity index (χ3v) is 3.57. The number of halogens is 11. The number of aliphatic hydroxyl groups is 1. The second-order valence-corrected chi connectivity index (χ2v) is 5.41. The third-order valence-electron chi connectivity index (χ3n) is 3.57. The molecular formula is C14H11F11O2. The minimum absolute atomic E-state index is 0.168. The fourth-order valence-electron chi connectivity index (χ4n) is 1.91. The van der Waals surface area contributed by atoms with E-state index in [1.807, 2.05) is 0 Å². The number of methoxy groups -OCH3 is 1. The molecule has 2 nitrogen and oxygen atoms in total. The summed E-state index contributed by atoms with van der Waals surface area (Å²) in [5.74, 6) is -28.4. The predicted octanol–water partition coefficient (Wildman–Crippen LogP) is 4.70. The summed E-state index contributed by atoms with van der Waals surface area (Å²) >= 11 is 0. The van der Waals surface area contributed by atoms with Crippen molar-refractivity contribution in [2.45, 2.75) is 42.4 Å². The Hall–Kier alpha value is -1.79. The van der Waals surface area contributed by atoms with Gasteiger partial charge >= 0.3 is 29.9 Å². The molecule has 0 fully saturated rings. The fraction of sp³-hybridized carbons (Fsp3) is 0.571. The minimum atomic E-state index is -7.54. The number of hydrogen-bond donors (Lipinski definition) is 1. The average Bonchev–Trinajstić information content (AvgIpc) is 2.53. The Balaban J connectivity index is 3.20. The maximum absolute atomic E-state index is 13.6. The Bertz CT molecular complexity index is 637. The second kappa shape index (κ2) is 6.99. The fourth-order valence-corrected chi connectivity index (χ4v) is 1.91. The van der Waals surface area contributed by atoms with Gasteiger partial charge in [0.2, 0.25) is 0 Å². The summed E-state index contributed by atoms with van der Waals surface area (Å²) in [6.45, 7) is 0. The lowest BCUT2D eigenvalue weighted by molar-refractivity contribution is -0.428. The van der Waals surface area contributed by atoms with Crippen molar-refractivity contribution in [2.75, 3.05) is 7.11 Å². The van der Waals surface area contributed by atoms with Crippen molar-refractivity contribution in [1.82, 2.24) is 0 Å². The van der Waals surface area contributed by atoms with Crippen LogP contribution in [0.25, 0.3) is 0 Å². The van der Waals surface area contributed by atoms with Crippen molar-refractivity contribution in [2.24, 2.45) is 0 Å². The largest absolute Gasteiger partial charge is 0.497 e. The van der Waals surface area contributed by atoms with Crippen LogP contribution in [0.15, 0.2) is 24.3 Å². The molecule has 0 aliphatic carbocycles. The van der Waals surface area contributed by atoms with Gasteiger partial charge in [-0.1, -0.05) is 12.1 Å². The zero-order chi connectivity index (χ0) is 21.5. The molecule has 27 heavy (non-hydrogen) atoms. The van der Waals surface area contributed by atoms with Gasteiger partial charge in [-0.25, -0.2) is 0 Å². The highest BCUT2D eigenvalue weighted by molar-refractivity contribution is 5.28. The van der Waals surface area contributed by atoms with Gasteiger partial charge in [-0.05, 0) is 17.7 Å². The lowest BCUT2D eigenvalue weighted by Crippen LogP contribution is -2.68. The maximum atomic E-state index is 13.6. The molecule has 0 aliphatic heterocycles. The van der Waals surface area contributed by atoms with E-state index in [-0.39, 0.29) is 11.3 Å². The van der Waals surface area contributed by atoms with Crippen LogP contribution < -0.4 is 4.74 Å². The van der Waals surface area contributed by atoms with Crippen LogP contribution in [0.2, 0.25) is 0 Å². The molecule has 0 saturated heterocycles. The van der Waals surface area contributed by atoms with Gasteiger partial charge in [-0.15, -0.1) is 0 Å². The molecule has 0 heterocycles. The van der Waals surface area contributed by atoms with Crippen LogP contribution in [0.3, 0.4) is 0 Å². The Morgan fingerprint density at radius 1 is 0.778 bits per heavy atom. The van der Waals surface area contributed by atoms with Gasteiger partial charge in [0.15, 0.2) is 0 Å². The Labute approximate surface area is 144 Å². The highest BCUT2D eigenvalue weighted by Crippen LogP contribution is 2.58. The molecule has 0 radical (unpaired) electrons. The first kappa shape index (κ1) is 23.2. The Morgan fingerprint density at radius 2 is 1.22 bits per heavy atom. The second-order valence-electron chi connectivity index (χ2n) is 5.41. The standard InChI is InChI=1S/C14H11F11O2/c1-27-8-4-2-7(3-5-8)6-9(26)10(15,16)11(17,18)12(19,20)13(21,22)14(23,24)25/h2-5,9,26H,6H2,1H3. The molecule has 1 N–H and O–H groups in total. The number of benzene rings is 1.